The molecule has 2 aromatic rings. The van der Waals surface area contributed by atoms with E-state index in [1.165, 1.54) is 11.3 Å². The Hall–Kier alpha value is -2.49. The van der Waals surface area contributed by atoms with E-state index < -0.39 is 0 Å². The molecule has 0 aliphatic rings. The van der Waals surface area contributed by atoms with Crippen molar-refractivity contribution in [2.24, 2.45) is 0 Å². The molecule has 0 saturated heterocycles. The van der Waals surface area contributed by atoms with Crippen molar-refractivity contribution >= 4 is 11.6 Å². The largest absolute Gasteiger partial charge is 0.484 e. The summed E-state index contributed by atoms with van der Waals surface area (Å²) >= 11 is 0. The Bertz CT molecular complexity index is 597. The van der Waals surface area contributed by atoms with Crippen LogP contribution in [0.3, 0.4) is 0 Å². The quantitative estimate of drug-likeness (QED) is 0.762. The third kappa shape index (κ3) is 6.02. The number of amides is 1. The van der Waals surface area contributed by atoms with Gasteiger partial charge in [0, 0.05) is 25.8 Å². The number of carbonyl (C=O) groups excluding carboxylic acids is 1. The van der Waals surface area contributed by atoms with Gasteiger partial charge in [-0.2, -0.15) is 0 Å². The van der Waals surface area contributed by atoms with Gasteiger partial charge in [-0.1, -0.05) is 35.9 Å². The molecule has 0 heterocycles. The molecule has 0 atom stereocenters. The van der Waals surface area contributed by atoms with Crippen LogP contribution in [0.5, 0.6) is 5.75 Å². The standard InChI is InChI=1S/C19H24N2O2/c1-16-9-11-18(12-10-16)23-15-19(22)20-13-6-14-21(2)17-7-4-3-5-8-17/h3-5,7-12H,6,13-15H2,1-2H3,(H,20,22). The zero-order valence-corrected chi connectivity index (χ0v) is 13.8. The number of nitrogens with zero attached hydrogens (tertiary/aromatic N) is 1. The molecule has 4 heteroatoms. The Morgan fingerprint density at radius 3 is 2.48 bits per heavy atom. The van der Waals surface area contributed by atoms with E-state index in [0.717, 1.165) is 18.7 Å². The first kappa shape index (κ1) is 16.9. The second kappa shape index (κ2) is 8.83. The molecule has 0 fully saturated rings. The third-order valence-corrected chi connectivity index (χ3v) is 3.58. The zero-order valence-electron chi connectivity index (χ0n) is 13.8. The number of anilines is 1. The second-order valence-corrected chi connectivity index (χ2v) is 5.56. The summed E-state index contributed by atoms with van der Waals surface area (Å²) in [6, 6.07) is 17.9. The highest BCUT2D eigenvalue weighted by Crippen LogP contribution is 2.11. The summed E-state index contributed by atoms with van der Waals surface area (Å²) in [7, 11) is 2.05. The first-order chi connectivity index (χ1) is 11.1. The molecule has 0 saturated carbocycles. The molecule has 0 unspecified atom stereocenters. The first-order valence-corrected chi connectivity index (χ1v) is 7.87. The predicted molar refractivity (Wildman–Crippen MR) is 94.0 cm³/mol. The van der Waals surface area contributed by atoms with Gasteiger partial charge >= 0.3 is 0 Å². The highest BCUT2D eigenvalue weighted by atomic mass is 16.5. The highest BCUT2D eigenvalue weighted by Gasteiger charge is 2.03. The van der Waals surface area contributed by atoms with Crippen LogP contribution in [0.15, 0.2) is 54.6 Å². The smallest absolute Gasteiger partial charge is 0.257 e. The average Bonchev–Trinajstić information content (AvgIpc) is 2.59. The number of hydrogen-bond acceptors (Lipinski definition) is 3. The van der Waals surface area contributed by atoms with Gasteiger partial charge in [-0.25, -0.2) is 0 Å². The van der Waals surface area contributed by atoms with Gasteiger partial charge in [0.1, 0.15) is 5.75 Å². The molecular formula is C19H24N2O2. The summed E-state index contributed by atoms with van der Waals surface area (Å²) in [6.07, 6.45) is 0.891. The Kier molecular flexibility index (Phi) is 6.48. The predicted octanol–water partition coefficient (Wildman–Crippen LogP) is 3.02. The van der Waals surface area contributed by atoms with Gasteiger partial charge in [0.2, 0.25) is 0 Å². The van der Waals surface area contributed by atoms with E-state index >= 15 is 0 Å². The molecular weight excluding hydrogens is 288 g/mol. The number of hydrogen-bond donors (Lipinski definition) is 1. The van der Waals surface area contributed by atoms with E-state index in [-0.39, 0.29) is 12.5 Å². The summed E-state index contributed by atoms with van der Waals surface area (Å²) in [4.78, 5) is 13.9. The van der Waals surface area contributed by atoms with Crippen molar-refractivity contribution in [2.75, 3.05) is 31.6 Å². The topological polar surface area (TPSA) is 41.6 Å². The van der Waals surface area contributed by atoms with Crippen molar-refractivity contribution in [3.8, 4) is 5.75 Å². The lowest BCUT2D eigenvalue weighted by Crippen LogP contribution is -2.31. The SMILES string of the molecule is Cc1ccc(OCC(=O)NCCCN(C)c2ccccc2)cc1. The molecule has 0 spiro atoms. The Morgan fingerprint density at radius 2 is 1.78 bits per heavy atom. The van der Waals surface area contributed by atoms with Crippen LogP contribution in [0.2, 0.25) is 0 Å². The number of benzene rings is 2. The van der Waals surface area contributed by atoms with Crippen LogP contribution in [-0.4, -0.2) is 32.7 Å². The molecule has 2 rings (SSSR count). The van der Waals surface area contributed by atoms with Gasteiger partial charge in [-0.3, -0.25) is 4.79 Å². The molecule has 122 valence electrons. The number of para-hydroxylation sites is 1. The summed E-state index contributed by atoms with van der Waals surface area (Å²) in [5.41, 5.74) is 2.35. The van der Waals surface area contributed by atoms with Crippen molar-refractivity contribution in [1.29, 1.82) is 0 Å². The highest BCUT2D eigenvalue weighted by molar-refractivity contribution is 5.77. The lowest BCUT2D eigenvalue weighted by molar-refractivity contribution is -0.123. The molecule has 23 heavy (non-hydrogen) atoms. The van der Waals surface area contributed by atoms with Crippen molar-refractivity contribution < 1.29 is 9.53 Å². The van der Waals surface area contributed by atoms with Crippen LogP contribution in [0, 0.1) is 6.92 Å². The summed E-state index contributed by atoms with van der Waals surface area (Å²) in [5.74, 6) is 0.627. The summed E-state index contributed by atoms with van der Waals surface area (Å²) in [5, 5.41) is 2.88. The maximum Gasteiger partial charge on any atom is 0.257 e. The second-order valence-electron chi connectivity index (χ2n) is 5.56. The van der Waals surface area contributed by atoms with Crippen molar-refractivity contribution in [2.45, 2.75) is 13.3 Å². The van der Waals surface area contributed by atoms with Crippen molar-refractivity contribution in [3.05, 3.63) is 60.2 Å². The number of aryl methyl sites for hydroxylation is 1. The van der Waals surface area contributed by atoms with Gasteiger partial charge in [0.25, 0.3) is 5.91 Å². The van der Waals surface area contributed by atoms with Crippen molar-refractivity contribution in [3.63, 3.8) is 0 Å². The van der Waals surface area contributed by atoms with E-state index in [1.54, 1.807) is 0 Å². The molecule has 0 aliphatic carbocycles. The lowest BCUT2D eigenvalue weighted by atomic mass is 10.2. The third-order valence-electron chi connectivity index (χ3n) is 3.58. The molecule has 0 radical (unpaired) electrons. The maximum absolute atomic E-state index is 11.7. The van der Waals surface area contributed by atoms with Gasteiger partial charge < -0.3 is 15.0 Å². The molecule has 0 bridgehead atoms. The van der Waals surface area contributed by atoms with Crippen LogP contribution in [0.25, 0.3) is 0 Å². The normalized spacial score (nSPS) is 10.2. The molecule has 1 N–H and O–H groups in total. The molecule has 4 nitrogen and oxygen atoms in total. The van der Waals surface area contributed by atoms with Gasteiger partial charge in [-0.05, 0) is 37.6 Å². The molecule has 0 aliphatic heterocycles. The molecule has 0 aromatic heterocycles. The van der Waals surface area contributed by atoms with E-state index in [1.807, 2.05) is 49.4 Å². The van der Waals surface area contributed by atoms with Gasteiger partial charge in [0.15, 0.2) is 6.61 Å². The van der Waals surface area contributed by atoms with Crippen LogP contribution in [0.4, 0.5) is 5.69 Å². The molecule has 1 amide bonds. The number of nitrogens with one attached hydrogen (secondary N) is 1. The van der Waals surface area contributed by atoms with E-state index in [4.69, 9.17) is 4.74 Å². The van der Waals surface area contributed by atoms with Gasteiger partial charge in [-0.15, -0.1) is 0 Å². The monoisotopic (exact) mass is 312 g/mol. The van der Waals surface area contributed by atoms with E-state index in [9.17, 15) is 4.79 Å². The summed E-state index contributed by atoms with van der Waals surface area (Å²) < 4.78 is 5.45. The number of carbonyl (C=O) groups is 1. The minimum absolute atomic E-state index is 0.0532. The molecule has 2 aromatic carbocycles. The summed E-state index contributed by atoms with van der Waals surface area (Å²) in [6.45, 7) is 3.61. The fraction of sp³-hybridized carbons (Fsp3) is 0.316. The Balaban J connectivity index is 1.60. The average molecular weight is 312 g/mol. The Morgan fingerprint density at radius 1 is 1.09 bits per heavy atom. The lowest BCUT2D eigenvalue weighted by Gasteiger charge is -2.19. The number of rotatable bonds is 8. The first-order valence-electron chi connectivity index (χ1n) is 7.87. The Labute approximate surface area is 138 Å². The zero-order chi connectivity index (χ0) is 16.5. The maximum atomic E-state index is 11.7. The van der Waals surface area contributed by atoms with Gasteiger partial charge in [0.05, 0.1) is 0 Å². The van der Waals surface area contributed by atoms with Crippen LogP contribution < -0.4 is 15.0 Å². The van der Waals surface area contributed by atoms with Crippen LogP contribution >= 0.6 is 0 Å². The van der Waals surface area contributed by atoms with Crippen LogP contribution in [-0.2, 0) is 4.79 Å². The van der Waals surface area contributed by atoms with E-state index in [0.29, 0.717) is 6.54 Å². The van der Waals surface area contributed by atoms with E-state index in [2.05, 4.69) is 29.4 Å². The van der Waals surface area contributed by atoms with Crippen LogP contribution in [0.1, 0.15) is 12.0 Å². The van der Waals surface area contributed by atoms with Crippen molar-refractivity contribution in [1.82, 2.24) is 5.32 Å². The minimum Gasteiger partial charge on any atom is -0.484 e. The fourth-order valence-electron chi connectivity index (χ4n) is 2.19. The minimum atomic E-state index is -0.0899. The fourth-order valence-corrected chi connectivity index (χ4v) is 2.19. The number of ether oxygens (including phenoxy) is 1.